The van der Waals surface area contributed by atoms with Gasteiger partial charge in [0.2, 0.25) is 0 Å². The van der Waals surface area contributed by atoms with E-state index in [0.29, 0.717) is 11.8 Å². The van der Waals surface area contributed by atoms with Crippen molar-refractivity contribution in [2.45, 2.75) is 50.0 Å². The Morgan fingerprint density at radius 3 is 2.24 bits per heavy atom. The molecule has 5 nitrogen and oxygen atoms in total. The van der Waals surface area contributed by atoms with Crippen molar-refractivity contribution in [2.75, 3.05) is 37.6 Å². The number of aliphatic hydroxyl groups is 1. The molecule has 2 aliphatic heterocycles. The van der Waals surface area contributed by atoms with E-state index in [2.05, 4.69) is 70.5 Å². The molecule has 5 rings (SSSR count). The molecule has 3 aromatic rings. The summed E-state index contributed by atoms with van der Waals surface area (Å²) in [7, 11) is 0. The van der Waals surface area contributed by atoms with Crippen molar-refractivity contribution in [3.8, 4) is 0 Å². The summed E-state index contributed by atoms with van der Waals surface area (Å²) in [5.74, 6) is 0.0395. The first kappa shape index (κ1) is 26.5. The lowest BCUT2D eigenvalue weighted by Crippen LogP contribution is -2.46. The summed E-state index contributed by atoms with van der Waals surface area (Å²) in [6, 6.07) is 29.3. The summed E-state index contributed by atoms with van der Waals surface area (Å²) < 4.78 is 0. The molecule has 0 saturated carbocycles. The predicted molar refractivity (Wildman–Crippen MR) is 153 cm³/mol. The number of piperidine rings is 1. The molecule has 5 heteroatoms. The fraction of sp³-hybridized carbons (Fsp3) is 0.424. The van der Waals surface area contributed by atoms with Gasteiger partial charge in [0.15, 0.2) is 0 Å². The number of nitrogens with zero attached hydrogens (tertiary/aromatic N) is 2. The van der Waals surface area contributed by atoms with Gasteiger partial charge in [-0.05, 0) is 60.8 Å². The molecule has 2 heterocycles. The minimum atomic E-state index is -0.794. The molecule has 0 aromatic heterocycles. The molecule has 200 valence electrons. The zero-order valence-corrected chi connectivity index (χ0v) is 22.2. The number of rotatable bonds is 10. The van der Waals surface area contributed by atoms with E-state index in [9.17, 15) is 15.0 Å². The lowest BCUT2D eigenvalue weighted by molar-refractivity contribution is -0.136. The molecule has 2 atom stereocenters. The van der Waals surface area contributed by atoms with Gasteiger partial charge in [0, 0.05) is 44.3 Å². The van der Waals surface area contributed by atoms with Crippen molar-refractivity contribution in [3.63, 3.8) is 0 Å². The van der Waals surface area contributed by atoms with Gasteiger partial charge in [0.25, 0.3) is 0 Å². The van der Waals surface area contributed by atoms with Crippen LogP contribution in [0, 0.1) is 5.92 Å². The third-order valence-corrected chi connectivity index (χ3v) is 8.57. The van der Waals surface area contributed by atoms with Crippen LogP contribution in [-0.4, -0.2) is 59.4 Å². The van der Waals surface area contributed by atoms with Gasteiger partial charge in [-0.25, -0.2) is 0 Å². The van der Waals surface area contributed by atoms with Gasteiger partial charge < -0.3 is 20.0 Å². The first-order chi connectivity index (χ1) is 18.5. The molecule has 38 heavy (non-hydrogen) atoms. The Hall–Kier alpha value is -3.15. The molecule has 3 aromatic carbocycles. The Balaban J connectivity index is 1.22. The van der Waals surface area contributed by atoms with E-state index >= 15 is 0 Å². The molecule has 0 aliphatic carbocycles. The minimum absolute atomic E-state index is 0.0440. The molecular formula is C33H40N2O3. The van der Waals surface area contributed by atoms with Crippen LogP contribution < -0.4 is 4.90 Å². The van der Waals surface area contributed by atoms with Crippen molar-refractivity contribution in [1.29, 1.82) is 0 Å². The molecule has 0 bridgehead atoms. The van der Waals surface area contributed by atoms with E-state index in [0.717, 1.165) is 76.1 Å². The van der Waals surface area contributed by atoms with Gasteiger partial charge in [-0.2, -0.15) is 0 Å². The maximum absolute atomic E-state index is 11.5. The van der Waals surface area contributed by atoms with Crippen LogP contribution in [0.25, 0.3) is 0 Å². The zero-order valence-electron chi connectivity index (χ0n) is 22.2. The van der Waals surface area contributed by atoms with Crippen molar-refractivity contribution in [1.82, 2.24) is 4.90 Å². The van der Waals surface area contributed by atoms with Gasteiger partial charge in [-0.15, -0.1) is 0 Å². The third-order valence-electron chi connectivity index (χ3n) is 8.57. The number of para-hydroxylation sites is 1. The van der Waals surface area contributed by atoms with E-state index < -0.39 is 11.6 Å². The number of likely N-dealkylation sites (tertiary alicyclic amines) is 1. The van der Waals surface area contributed by atoms with Crippen molar-refractivity contribution < 1.29 is 15.0 Å². The largest absolute Gasteiger partial charge is 0.481 e. The predicted octanol–water partition coefficient (Wildman–Crippen LogP) is 5.38. The molecule has 2 N–H and O–H groups in total. The molecule has 2 saturated heterocycles. The summed E-state index contributed by atoms with van der Waals surface area (Å²) in [6.45, 7) is 4.65. The second kappa shape index (κ2) is 12.1. The van der Waals surface area contributed by atoms with E-state index in [-0.39, 0.29) is 6.42 Å². The second-order valence-electron chi connectivity index (χ2n) is 11.2. The Morgan fingerprint density at radius 2 is 1.53 bits per heavy atom. The number of hydrogen-bond acceptors (Lipinski definition) is 4. The Labute approximate surface area is 226 Å². The maximum Gasteiger partial charge on any atom is 0.307 e. The number of carboxylic acids is 1. The van der Waals surface area contributed by atoms with Crippen LogP contribution in [0.3, 0.4) is 0 Å². The Bertz CT molecular complexity index is 1180. The SMILES string of the molecule is O=C(O)Cc1ccccc1N1C[C@H](CN2CCC(O)(CCCc3ccccc3)CC2)[C@@H](c2ccccc2)C1. The van der Waals surface area contributed by atoms with Crippen LogP contribution in [-0.2, 0) is 17.6 Å². The van der Waals surface area contributed by atoms with Gasteiger partial charge in [0.05, 0.1) is 12.0 Å². The zero-order chi connectivity index (χ0) is 26.4. The lowest BCUT2D eigenvalue weighted by atomic mass is 9.84. The van der Waals surface area contributed by atoms with Gasteiger partial charge in [-0.1, -0.05) is 78.9 Å². The number of carbonyl (C=O) groups is 1. The van der Waals surface area contributed by atoms with E-state index in [1.165, 1.54) is 11.1 Å². The van der Waals surface area contributed by atoms with E-state index in [4.69, 9.17) is 0 Å². The van der Waals surface area contributed by atoms with E-state index in [1.54, 1.807) is 0 Å². The minimum Gasteiger partial charge on any atom is -0.481 e. The molecule has 2 aliphatic rings. The smallest absolute Gasteiger partial charge is 0.307 e. The second-order valence-corrected chi connectivity index (χ2v) is 11.2. The van der Waals surface area contributed by atoms with Crippen molar-refractivity contribution >= 4 is 11.7 Å². The Kier molecular flexibility index (Phi) is 8.45. The van der Waals surface area contributed by atoms with Crippen molar-refractivity contribution in [2.24, 2.45) is 5.92 Å². The molecular weight excluding hydrogens is 472 g/mol. The number of anilines is 1. The summed E-state index contributed by atoms with van der Waals surface area (Å²) in [4.78, 5) is 16.4. The molecule has 0 spiro atoms. The summed E-state index contributed by atoms with van der Waals surface area (Å²) >= 11 is 0. The monoisotopic (exact) mass is 512 g/mol. The quantitative estimate of drug-likeness (QED) is 0.382. The van der Waals surface area contributed by atoms with Crippen LogP contribution in [0.15, 0.2) is 84.9 Å². The highest BCUT2D eigenvalue weighted by Crippen LogP contribution is 2.38. The summed E-state index contributed by atoms with van der Waals surface area (Å²) in [5, 5.41) is 20.7. The number of aliphatic carboxylic acids is 1. The number of hydrogen-bond donors (Lipinski definition) is 2. The summed E-state index contributed by atoms with van der Waals surface area (Å²) in [5.41, 5.74) is 4.07. The fourth-order valence-corrected chi connectivity index (χ4v) is 6.46. The van der Waals surface area contributed by atoms with Crippen LogP contribution in [0.5, 0.6) is 0 Å². The average molecular weight is 513 g/mol. The van der Waals surface area contributed by atoms with Gasteiger partial charge >= 0.3 is 5.97 Å². The van der Waals surface area contributed by atoms with Gasteiger partial charge in [-0.3, -0.25) is 4.79 Å². The van der Waals surface area contributed by atoms with Crippen LogP contribution in [0.2, 0.25) is 0 Å². The van der Waals surface area contributed by atoms with Crippen LogP contribution in [0.1, 0.15) is 48.3 Å². The van der Waals surface area contributed by atoms with Gasteiger partial charge in [0.1, 0.15) is 0 Å². The highest BCUT2D eigenvalue weighted by Gasteiger charge is 2.38. The number of benzene rings is 3. The first-order valence-electron chi connectivity index (χ1n) is 14.1. The average Bonchev–Trinajstić information content (AvgIpc) is 3.35. The van der Waals surface area contributed by atoms with E-state index in [1.807, 2.05) is 24.3 Å². The number of carboxylic acid groups (broad SMARTS) is 1. The summed E-state index contributed by atoms with van der Waals surface area (Å²) in [6.07, 6.45) is 4.60. The highest BCUT2D eigenvalue weighted by molar-refractivity contribution is 5.73. The molecule has 2 fully saturated rings. The van der Waals surface area contributed by atoms with Crippen LogP contribution in [0.4, 0.5) is 5.69 Å². The normalized spacial score (nSPS) is 21.4. The molecule has 0 radical (unpaired) electrons. The maximum atomic E-state index is 11.5. The standard InChI is InChI=1S/C33H40N2O3/c36-32(37)22-28-15-7-8-16-31(28)35-24-29(30(25-35)27-13-5-2-6-14-27)23-34-20-18-33(38,19-21-34)17-9-12-26-10-3-1-4-11-26/h1-8,10-11,13-16,29-30,38H,9,12,17-25H2,(H,36,37)/t29-,30+/m0/s1. The third kappa shape index (κ3) is 6.64. The van der Waals surface area contributed by atoms with Crippen molar-refractivity contribution in [3.05, 3.63) is 102 Å². The molecule has 0 unspecified atom stereocenters. The Morgan fingerprint density at radius 1 is 0.868 bits per heavy atom. The molecule has 0 amide bonds. The lowest BCUT2D eigenvalue weighted by Gasteiger charge is -2.39. The number of aryl methyl sites for hydroxylation is 1. The van der Waals surface area contributed by atoms with Crippen LogP contribution >= 0.6 is 0 Å². The highest BCUT2D eigenvalue weighted by atomic mass is 16.4. The topological polar surface area (TPSA) is 64.0 Å². The first-order valence-corrected chi connectivity index (χ1v) is 14.1. The fourth-order valence-electron chi connectivity index (χ4n) is 6.46.